The number of hydrogen-bond acceptors (Lipinski definition) is 6. The SMILES string of the molecule is CSc1ncc(/C=C2\C(=O)NC(=O)N(c3ccc(I)cc3)C2=O)cn1. The van der Waals surface area contributed by atoms with Crippen molar-refractivity contribution in [3.8, 4) is 0 Å². The highest BCUT2D eigenvalue weighted by Gasteiger charge is 2.36. The van der Waals surface area contributed by atoms with Crippen molar-refractivity contribution < 1.29 is 14.4 Å². The van der Waals surface area contributed by atoms with Crippen LogP contribution in [0.3, 0.4) is 0 Å². The largest absolute Gasteiger partial charge is 0.335 e. The van der Waals surface area contributed by atoms with E-state index >= 15 is 0 Å². The number of barbiturate groups is 1. The summed E-state index contributed by atoms with van der Waals surface area (Å²) in [4.78, 5) is 46.0. The normalized spacial score (nSPS) is 16.3. The quantitative estimate of drug-likeness (QED) is 0.246. The lowest BCUT2D eigenvalue weighted by Gasteiger charge is -2.26. The predicted molar refractivity (Wildman–Crippen MR) is 102 cm³/mol. The molecule has 0 radical (unpaired) electrons. The minimum absolute atomic E-state index is 0.154. The topological polar surface area (TPSA) is 92.3 Å². The first kappa shape index (κ1) is 17.5. The molecule has 1 aliphatic heterocycles. The van der Waals surface area contributed by atoms with Gasteiger partial charge in [-0.1, -0.05) is 11.8 Å². The van der Waals surface area contributed by atoms with Gasteiger partial charge in [-0.2, -0.15) is 0 Å². The van der Waals surface area contributed by atoms with Crippen LogP contribution in [0, 0.1) is 3.57 Å². The average Bonchev–Trinajstić information content (AvgIpc) is 2.60. The van der Waals surface area contributed by atoms with Crippen molar-refractivity contribution in [1.29, 1.82) is 0 Å². The van der Waals surface area contributed by atoms with E-state index in [1.165, 1.54) is 30.2 Å². The molecule has 4 amide bonds. The maximum atomic E-state index is 12.7. The molecule has 9 heteroatoms. The monoisotopic (exact) mass is 466 g/mol. The molecule has 0 spiro atoms. The van der Waals surface area contributed by atoms with E-state index in [4.69, 9.17) is 0 Å². The van der Waals surface area contributed by atoms with Gasteiger partial charge >= 0.3 is 6.03 Å². The fourth-order valence-electron chi connectivity index (χ4n) is 2.15. The number of nitrogens with zero attached hydrogens (tertiary/aromatic N) is 3. The highest BCUT2D eigenvalue weighted by Crippen LogP contribution is 2.22. The van der Waals surface area contributed by atoms with Crippen molar-refractivity contribution in [3.05, 3.63) is 51.4 Å². The molecule has 2 heterocycles. The number of aromatic nitrogens is 2. The fourth-order valence-corrected chi connectivity index (χ4v) is 2.83. The minimum atomic E-state index is -0.776. The molecule has 1 saturated heterocycles. The Morgan fingerprint density at radius 3 is 2.36 bits per heavy atom. The second kappa shape index (κ2) is 7.31. The highest BCUT2D eigenvalue weighted by atomic mass is 127. The van der Waals surface area contributed by atoms with Crippen LogP contribution < -0.4 is 10.2 Å². The third-order valence-corrected chi connectivity index (χ3v) is 4.62. The lowest BCUT2D eigenvalue weighted by atomic mass is 10.1. The van der Waals surface area contributed by atoms with Crippen LogP contribution in [0.2, 0.25) is 0 Å². The van der Waals surface area contributed by atoms with E-state index in [2.05, 4.69) is 37.9 Å². The number of carbonyl (C=O) groups excluding carboxylic acids is 3. The molecule has 1 aliphatic rings. The number of carbonyl (C=O) groups is 3. The zero-order chi connectivity index (χ0) is 18.0. The highest BCUT2D eigenvalue weighted by molar-refractivity contribution is 14.1. The molecule has 0 saturated carbocycles. The zero-order valence-electron chi connectivity index (χ0n) is 12.9. The summed E-state index contributed by atoms with van der Waals surface area (Å²) < 4.78 is 0.962. The van der Waals surface area contributed by atoms with Crippen LogP contribution in [0.4, 0.5) is 10.5 Å². The summed E-state index contributed by atoms with van der Waals surface area (Å²) in [6.45, 7) is 0. The number of urea groups is 1. The van der Waals surface area contributed by atoms with Gasteiger partial charge in [-0.05, 0) is 59.2 Å². The van der Waals surface area contributed by atoms with Crippen molar-refractivity contribution in [2.24, 2.45) is 0 Å². The van der Waals surface area contributed by atoms with Gasteiger partial charge in [0.1, 0.15) is 5.57 Å². The van der Waals surface area contributed by atoms with E-state index in [0.717, 1.165) is 8.47 Å². The molecule has 2 aromatic rings. The maximum absolute atomic E-state index is 12.7. The average molecular weight is 466 g/mol. The lowest BCUT2D eigenvalue weighted by molar-refractivity contribution is -0.122. The summed E-state index contributed by atoms with van der Waals surface area (Å²) in [5.41, 5.74) is 0.724. The molecule has 126 valence electrons. The van der Waals surface area contributed by atoms with Gasteiger partial charge in [0.25, 0.3) is 11.8 Å². The van der Waals surface area contributed by atoms with Crippen LogP contribution >= 0.6 is 34.4 Å². The summed E-state index contributed by atoms with van der Waals surface area (Å²) in [6.07, 6.45) is 6.24. The standard InChI is InChI=1S/C16H11IN4O3S/c1-25-15-18-7-9(8-19-15)6-12-13(22)20-16(24)21(14(12)23)11-4-2-10(17)3-5-11/h2-8H,1H3,(H,20,22,24)/b12-6+. The van der Waals surface area contributed by atoms with Gasteiger partial charge in [-0.25, -0.2) is 19.7 Å². The van der Waals surface area contributed by atoms with Gasteiger partial charge in [0.2, 0.25) is 0 Å². The van der Waals surface area contributed by atoms with E-state index in [0.29, 0.717) is 16.4 Å². The van der Waals surface area contributed by atoms with Gasteiger partial charge in [0.15, 0.2) is 5.16 Å². The number of hydrogen-bond donors (Lipinski definition) is 1. The number of amides is 4. The summed E-state index contributed by atoms with van der Waals surface area (Å²) in [6, 6.07) is 6.05. The fraction of sp³-hybridized carbons (Fsp3) is 0.0625. The molecule has 1 aromatic heterocycles. The number of nitrogens with one attached hydrogen (secondary N) is 1. The number of halogens is 1. The van der Waals surface area contributed by atoms with Gasteiger partial charge in [-0.3, -0.25) is 14.9 Å². The summed E-state index contributed by atoms with van der Waals surface area (Å²) >= 11 is 3.50. The summed E-state index contributed by atoms with van der Waals surface area (Å²) in [5, 5.41) is 2.76. The first-order valence-electron chi connectivity index (χ1n) is 7.02. The van der Waals surface area contributed by atoms with Crippen molar-refractivity contribution in [3.63, 3.8) is 0 Å². The van der Waals surface area contributed by atoms with Crippen molar-refractivity contribution in [2.45, 2.75) is 5.16 Å². The van der Waals surface area contributed by atoms with E-state index in [1.54, 1.807) is 24.3 Å². The van der Waals surface area contributed by atoms with Crippen LogP contribution in [-0.4, -0.2) is 34.1 Å². The first-order chi connectivity index (χ1) is 12.0. The zero-order valence-corrected chi connectivity index (χ0v) is 15.9. The molecule has 1 aromatic carbocycles. The second-order valence-corrected chi connectivity index (χ2v) is 6.96. The predicted octanol–water partition coefficient (Wildman–Crippen LogP) is 2.47. The Morgan fingerprint density at radius 2 is 1.76 bits per heavy atom. The molecule has 0 bridgehead atoms. The maximum Gasteiger partial charge on any atom is 0.335 e. The number of thioether (sulfide) groups is 1. The Morgan fingerprint density at radius 1 is 1.12 bits per heavy atom. The third kappa shape index (κ3) is 3.71. The molecule has 3 rings (SSSR count). The molecule has 0 atom stereocenters. The Hall–Kier alpha value is -2.27. The van der Waals surface area contributed by atoms with Gasteiger partial charge in [0.05, 0.1) is 5.69 Å². The van der Waals surface area contributed by atoms with E-state index in [9.17, 15) is 14.4 Å². The van der Waals surface area contributed by atoms with Gasteiger partial charge in [-0.15, -0.1) is 0 Å². The van der Waals surface area contributed by atoms with E-state index in [1.807, 2.05) is 6.26 Å². The van der Waals surface area contributed by atoms with Crippen LogP contribution in [0.25, 0.3) is 6.08 Å². The Bertz CT molecular complexity index is 881. The summed E-state index contributed by atoms with van der Waals surface area (Å²) in [5.74, 6) is -1.44. The van der Waals surface area contributed by atoms with E-state index < -0.39 is 17.8 Å². The van der Waals surface area contributed by atoms with Crippen molar-refractivity contribution in [1.82, 2.24) is 15.3 Å². The van der Waals surface area contributed by atoms with E-state index in [-0.39, 0.29) is 5.57 Å². The van der Waals surface area contributed by atoms with Crippen molar-refractivity contribution in [2.75, 3.05) is 11.2 Å². The molecule has 1 N–H and O–H groups in total. The molecule has 25 heavy (non-hydrogen) atoms. The van der Waals surface area contributed by atoms with Crippen LogP contribution in [0.5, 0.6) is 0 Å². The molecule has 0 aliphatic carbocycles. The molecule has 1 fully saturated rings. The number of anilines is 1. The molecule has 7 nitrogen and oxygen atoms in total. The molecular formula is C16H11IN4O3S. The minimum Gasteiger partial charge on any atom is -0.273 e. The third-order valence-electron chi connectivity index (χ3n) is 3.33. The van der Waals surface area contributed by atoms with Crippen LogP contribution in [0.1, 0.15) is 5.56 Å². The smallest absolute Gasteiger partial charge is 0.273 e. The van der Waals surface area contributed by atoms with Crippen LogP contribution in [-0.2, 0) is 9.59 Å². The van der Waals surface area contributed by atoms with Gasteiger partial charge in [0, 0.05) is 21.5 Å². The van der Waals surface area contributed by atoms with Crippen molar-refractivity contribution >= 4 is 64.0 Å². The Balaban J connectivity index is 1.97. The molecular weight excluding hydrogens is 455 g/mol. The summed E-state index contributed by atoms with van der Waals surface area (Å²) in [7, 11) is 0. The molecule has 0 unspecified atom stereocenters. The Kier molecular flexibility index (Phi) is 5.13. The number of rotatable bonds is 3. The second-order valence-electron chi connectivity index (χ2n) is 4.94. The lowest BCUT2D eigenvalue weighted by Crippen LogP contribution is -2.54. The number of imide groups is 2. The first-order valence-corrected chi connectivity index (χ1v) is 9.33. The van der Waals surface area contributed by atoms with Gasteiger partial charge < -0.3 is 0 Å². The van der Waals surface area contributed by atoms with Crippen LogP contribution in [0.15, 0.2) is 47.4 Å². The number of benzene rings is 1. The Labute approximate surface area is 161 Å².